The van der Waals surface area contributed by atoms with E-state index in [1.807, 2.05) is 19.9 Å². The average Bonchev–Trinajstić information content (AvgIpc) is 2.73. The molecule has 0 saturated heterocycles. The molecule has 1 aliphatic rings. The largest absolute Gasteiger partial charge is 0.384 e. The zero-order chi connectivity index (χ0) is 12.5. The van der Waals surface area contributed by atoms with Gasteiger partial charge in [0.2, 0.25) is 10.0 Å². The molecule has 0 saturated carbocycles. The minimum absolute atomic E-state index is 0.303. The average molecular weight is 254 g/mol. The molecule has 2 rings (SSSR count). The molecule has 0 amide bonds. The first-order valence-corrected chi connectivity index (χ1v) is 7.34. The molecule has 0 aliphatic carbocycles. The zero-order valence-corrected chi connectivity index (χ0v) is 11.0. The maximum atomic E-state index is 12.0. The Kier molecular flexibility index (Phi) is 3.40. The van der Waals surface area contributed by atoms with Gasteiger partial charge in [-0.1, -0.05) is 19.9 Å². The first-order valence-electron chi connectivity index (χ1n) is 5.85. The van der Waals surface area contributed by atoms with Crippen LogP contribution in [0.2, 0.25) is 0 Å². The minimum atomic E-state index is -3.37. The molecular weight excluding hydrogens is 236 g/mol. The van der Waals surface area contributed by atoms with Gasteiger partial charge < -0.3 is 5.32 Å². The molecule has 1 heterocycles. The van der Waals surface area contributed by atoms with Gasteiger partial charge in [-0.2, -0.15) is 0 Å². The lowest BCUT2D eigenvalue weighted by Gasteiger charge is -2.10. The normalized spacial score (nSPS) is 14.8. The summed E-state index contributed by atoms with van der Waals surface area (Å²) >= 11 is 0. The molecule has 5 heteroatoms. The van der Waals surface area contributed by atoms with Crippen LogP contribution in [0.3, 0.4) is 0 Å². The van der Waals surface area contributed by atoms with Gasteiger partial charge in [0.25, 0.3) is 0 Å². The van der Waals surface area contributed by atoms with Gasteiger partial charge in [0.1, 0.15) is 0 Å². The fourth-order valence-corrected chi connectivity index (χ4v) is 3.04. The zero-order valence-electron chi connectivity index (χ0n) is 10.2. The Bertz CT molecular complexity index is 509. The second-order valence-corrected chi connectivity index (χ2v) is 6.51. The molecule has 2 N–H and O–H groups in total. The topological polar surface area (TPSA) is 58.2 Å². The van der Waals surface area contributed by atoms with Crippen molar-refractivity contribution in [3.8, 4) is 0 Å². The molecule has 0 spiro atoms. The second kappa shape index (κ2) is 4.66. The van der Waals surface area contributed by atoms with Crippen LogP contribution in [0.5, 0.6) is 0 Å². The lowest BCUT2D eigenvalue weighted by Crippen LogP contribution is -2.27. The Morgan fingerprint density at radius 1 is 1.41 bits per heavy atom. The Morgan fingerprint density at radius 3 is 2.88 bits per heavy atom. The lowest BCUT2D eigenvalue weighted by molar-refractivity contribution is 0.560. The number of nitrogens with one attached hydrogen (secondary N) is 2. The summed E-state index contributed by atoms with van der Waals surface area (Å²) in [7, 11) is -3.37. The van der Waals surface area contributed by atoms with E-state index in [0.29, 0.717) is 17.4 Å². The highest BCUT2D eigenvalue weighted by Gasteiger charge is 2.18. The summed E-state index contributed by atoms with van der Waals surface area (Å²) in [6, 6.07) is 5.28. The van der Waals surface area contributed by atoms with Crippen LogP contribution in [0.1, 0.15) is 19.4 Å². The van der Waals surface area contributed by atoms with E-state index in [1.54, 1.807) is 12.1 Å². The lowest BCUT2D eigenvalue weighted by atomic mass is 10.2. The van der Waals surface area contributed by atoms with E-state index in [-0.39, 0.29) is 0 Å². The first-order chi connectivity index (χ1) is 7.99. The van der Waals surface area contributed by atoms with Crippen LogP contribution in [0.25, 0.3) is 0 Å². The van der Waals surface area contributed by atoms with Gasteiger partial charge in [-0.3, -0.25) is 0 Å². The predicted molar refractivity (Wildman–Crippen MR) is 68.7 cm³/mol. The van der Waals surface area contributed by atoms with Gasteiger partial charge in [0.05, 0.1) is 4.90 Å². The maximum Gasteiger partial charge on any atom is 0.240 e. The fraction of sp³-hybridized carbons (Fsp3) is 0.500. The minimum Gasteiger partial charge on any atom is -0.384 e. The van der Waals surface area contributed by atoms with Crippen molar-refractivity contribution in [1.82, 2.24) is 4.72 Å². The number of rotatable bonds is 4. The molecule has 0 fully saturated rings. The van der Waals surface area contributed by atoms with Gasteiger partial charge in [0.15, 0.2) is 0 Å². The third kappa shape index (κ3) is 2.79. The van der Waals surface area contributed by atoms with Gasteiger partial charge in [-0.15, -0.1) is 0 Å². The van der Waals surface area contributed by atoms with Crippen molar-refractivity contribution in [2.24, 2.45) is 5.92 Å². The Labute approximate surface area is 102 Å². The van der Waals surface area contributed by atoms with E-state index in [9.17, 15) is 8.42 Å². The van der Waals surface area contributed by atoms with Gasteiger partial charge >= 0.3 is 0 Å². The summed E-state index contributed by atoms with van der Waals surface area (Å²) in [6.45, 7) is 5.31. The highest BCUT2D eigenvalue weighted by Crippen LogP contribution is 2.25. The van der Waals surface area contributed by atoms with Crippen molar-refractivity contribution in [2.45, 2.75) is 25.2 Å². The molecule has 0 atom stereocenters. The van der Waals surface area contributed by atoms with Crippen molar-refractivity contribution in [3.05, 3.63) is 23.8 Å². The van der Waals surface area contributed by atoms with E-state index in [1.165, 1.54) is 5.56 Å². The van der Waals surface area contributed by atoms with Crippen LogP contribution in [0, 0.1) is 5.92 Å². The SMILES string of the molecule is CC(C)CNS(=O)(=O)c1ccc2c(c1)NCC2. The van der Waals surface area contributed by atoms with Crippen molar-refractivity contribution >= 4 is 15.7 Å². The van der Waals surface area contributed by atoms with Crippen LogP contribution < -0.4 is 10.0 Å². The molecule has 94 valence electrons. The summed E-state index contributed by atoms with van der Waals surface area (Å²) in [5.41, 5.74) is 2.13. The smallest absolute Gasteiger partial charge is 0.240 e. The van der Waals surface area contributed by atoms with Crippen molar-refractivity contribution < 1.29 is 8.42 Å². The Hall–Kier alpha value is -1.07. The van der Waals surface area contributed by atoms with E-state index in [4.69, 9.17) is 0 Å². The summed E-state index contributed by atoms with van der Waals surface area (Å²) < 4.78 is 26.6. The molecule has 0 radical (unpaired) electrons. The molecule has 1 aromatic carbocycles. The molecule has 0 aromatic heterocycles. The number of hydrogen-bond acceptors (Lipinski definition) is 3. The maximum absolute atomic E-state index is 12.0. The first kappa shape index (κ1) is 12.4. The van der Waals surface area contributed by atoms with Crippen molar-refractivity contribution in [1.29, 1.82) is 0 Å². The van der Waals surface area contributed by atoms with E-state index < -0.39 is 10.0 Å². The van der Waals surface area contributed by atoms with Crippen LogP contribution >= 0.6 is 0 Å². The van der Waals surface area contributed by atoms with Crippen LogP contribution in [-0.4, -0.2) is 21.5 Å². The molecular formula is C12H18N2O2S. The number of hydrogen-bond donors (Lipinski definition) is 2. The number of fused-ring (bicyclic) bond motifs is 1. The monoisotopic (exact) mass is 254 g/mol. The third-order valence-corrected chi connectivity index (χ3v) is 4.20. The van der Waals surface area contributed by atoms with Gasteiger partial charge in [0, 0.05) is 18.8 Å². The van der Waals surface area contributed by atoms with Crippen molar-refractivity contribution in [2.75, 3.05) is 18.4 Å². The molecule has 0 bridgehead atoms. The predicted octanol–water partition coefficient (Wildman–Crippen LogP) is 1.59. The highest BCUT2D eigenvalue weighted by molar-refractivity contribution is 7.89. The highest BCUT2D eigenvalue weighted by atomic mass is 32.2. The van der Waals surface area contributed by atoms with Gasteiger partial charge in [-0.05, 0) is 30.0 Å². The quantitative estimate of drug-likeness (QED) is 0.858. The molecule has 1 aromatic rings. The van der Waals surface area contributed by atoms with E-state index in [0.717, 1.165) is 18.7 Å². The Balaban J connectivity index is 2.22. The number of benzene rings is 1. The van der Waals surface area contributed by atoms with Crippen LogP contribution in [0.4, 0.5) is 5.69 Å². The third-order valence-electron chi connectivity index (χ3n) is 2.78. The molecule has 0 unspecified atom stereocenters. The second-order valence-electron chi connectivity index (χ2n) is 4.74. The summed E-state index contributed by atoms with van der Waals surface area (Å²) in [4.78, 5) is 0.339. The Morgan fingerprint density at radius 2 is 2.18 bits per heavy atom. The van der Waals surface area contributed by atoms with Crippen LogP contribution in [-0.2, 0) is 16.4 Å². The molecule has 4 nitrogen and oxygen atoms in total. The standard InChI is InChI=1S/C12H18N2O2S/c1-9(2)8-14-17(15,16)11-4-3-10-5-6-13-12(10)7-11/h3-4,7,9,13-14H,5-6,8H2,1-2H3. The van der Waals surface area contributed by atoms with Crippen molar-refractivity contribution in [3.63, 3.8) is 0 Å². The van der Waals surface area contributed by atoms with E-state index in [2.05, 4.69) is 10.0 Å². The number of anilines is 1. The summed E-state index contributed by atoms with van der Waals surface area (Å²) in [5.74, 6) is 0.303. The number of sulfonamides is 1. The van der Waals surface area contributed by atoms with Crippen LogP contribution in [0.15, 0.2) is 23.1 Å². The van der Waals surface area contributed by atoms with Gasteiger partial charge in [-0.25, -0.2) is 13.1 Å². The fourth-order valence-electron chi connectivity index (χ4n) is 1.80. The molecule has 17 heavy (non-hydrogen) atoms. The summed E-state index contributed by atoms with van der Waals surface area (Å²) in [5, 5.41) is 3.19. The summed E-state index contributed by atoms with van der Waals surface area (Å²) in [6.07, 6.45) is 0.967. The van der Waals surface area contributed by atoms with E-state index >= 15 is 0 Å². The molecule has 1 aliphatic heterocycles.